The molecule has 0 unspecified atom stereocenters. The van der Waals surface area contributed by atoms with Crippen molar-refractivity contribution in [3.63, 3.8) is 0 Å². The van der Waals surface area contributed by atoms with Crippen LogP contribution >= 0.6 is 93.5 Å². The zero-order valence-corrected chi connectivity index (χ0v) is 91.6. The number of nitrogens with zero attached hydrogens (tertiary/aromatic N) is 12. The van der Waals surface area contributed by atoms with Gasteiger partial charge in [0.05, 0.1) is 201 Å². The predicted molar refractivity (Wildman–Crippen MR) is 544 cm³/mol. The van der Waals surface area contributed by atoms with E-state index in [2.05, 4.69) is 194 Å². The van der Waals surface area contributed by atoms with E-state index in [-0.39, 0.29) is 107 Å². The van der Waals surface area contributed by atoms with Crippen LogP contribution in [0.5, 0.6) is 40.2 Å². The minimum absolute atomic E-state index is 0. The van der Waals surface area contributed by atoms with Crippen molar-refractivity contribution in [3.8, 4) is 46.1 Å². The summed E-state index contributed by atoms with van der Waals surface area (Å²) in [6.07, 6.45) is 4.99. The molecule has 4 aromatic carbocycles. The first-order valence-electron chi connectivity index (χ1n) is 48.3. The summed E-state index contributed by atoms with van der Waals surface area (Å²) in [4.78, 5) is 39.2. The van der Waals surface area contributed by atoms with Crippen molar-refractivity contribution in [2.75, 3.05) is 183 Å². The molecule has 10 rings (SSSR count). The van der Waals surface area contributed by atoms with Crippen LogP contribution in [0.1, 0.15) is 228 Å². The van der Waals surface area contributed by atoms with Gasteiger partial charge in [-0.2, -0.15) is 9.62 Å². The van der Waals surface area contributed by atoms with Crippen LogP contribution in [0.3, 0.4) is 0 Å². The molecule has 6 heterocycles. The monoisotopic (exact) mass is 1990 g/mol. The maximum atomic E-state index is 8.40. The third-order valence-electron chi connectivity index (χ3n) is 26.3. The van der Waals surface area contributed by atoms with E-state index in [1.54, 1.807) is 56.4 Å². The van der Waals surface area contributed by atoms with E-state index in [0.717, 1.165) is 120 Å². The van der Waals surface area contributed by atoms with Gasteiger partial charge >= 0.3 is 0 Å². The summed E-state index contributed by atoms with van der Waals surface area (Å²) in [6, 6.07) is 0. The van der Waals surface area contributed by atoms with Crippen LogP contribution in [0, 0.1) is 47.3 Å². The molecular weight excluding hydrogens is 1830 g/mol. The third kappa shape index (κ3) is 25.9. The Hall–Kier alpha value is -4.42. The number of rotatable bonds is 56. The van der Waals surface area contributed by atoms with Crippen molar-refractivity contribution in [2.24, 2.45) is 67.3 Å². The van der Waals surface area contributed by atoms with Crippen molar-refractivity contribution in [1.29, 1.82) is 0 Å². The molecule has 0 amide bonds. The van der Waals surface area contributed by atoms with Gasteiger partial charge in [0.25, 0.3) is 11.5 Å². The van der Waals surface area contributed by atoms with Gasteiger partial charge in [-0.1, -0.05) is 167 Å². The van der Waals surface area contributed by atoms with Crippen LogP contribution in [0.15, 0.2) is 44.2 Å². The van der Waals surface area contributed by atoms with E-state index >= 15 is 0 Å². The molecule has 4 aliphatic rings. The fourth-order valence-corrected chi connectivity index (χ4v) is 21.9. The fourth-order valence-electron chi connectivity index (χ4n) is 15.3. The number of quaternary nitrogens is 4. The Bertz CT molecular complexity index is 5290. The topological polar surface area (TPSA) is 172 Å². The van der Waals surface area contributed by atoms with Crippen LogP contribution in [-0.4, -0.2) is 222 Å². The maximum absolute atomic E-state index is 8.40. The Morgan fingerprint density at radius 3 is 1.08 bits per heavy atom. The summed E-state index contributed by atoms with van der Waals surface area (Å²) in [5.74, 6) is 9.15. The van der Waals surface area contributed by atoms with Gasteiger partial charge in [0.1, 0.15) is 54.6 Å². The molecule has 723 valence electrons. The molecule has 0 saturated heterocycles. The van der Waals surface area contributed by atoms with Crippen molar-refractivity contribution >= 4 is 155 Å². The molecule has 0 aliphatic carbocycles. The maximum Gasteiger partial charge on any atom is 0.286 e. The zero-order chi connectivity index (χ0) is 94.3. The summed E-state index contributed by atoms with van der Waals surface area (Å²) >= 11 is 40.2. The van der Waals surface area contributed by atoms with E-state index in [1.807, 2.05) is 0 Å². The summed E-state index contributed by atoms with van der Waals surface area (Å²) < 4.78 is 74.2. The van der Waals surface area contributed by atoms with Crippen LogP contribution in [0.25, 0.3) is 43.8 Å². The molecule has 21 nitrogen and oxygen atoms in total. The summed E-state index contributed by atoms with van der Waals surface area (Å²) in [5.41, 5.74) is 2.63. The van der Waals surface area contributed by atoms with Crippen molar-refractivity contribution in [1.82, 2.24) is 14.5 Å². The number of benzene rings is 4. The molecular formula is C100H156Cl4N12O9S4V+4. The Labute approximate surface area is 827 Å². The van der Waals surface area contributed by atoms with Crippen LogP contribution < -0.4 is 53.9 Å². The van der Waals surface area contributed by atoms with Gasteiger partial charge in [0.15, 0.2) is 23.2 Å². The fraction of sp³-hybridized carbons (Fsp3) is 0.680. The minimum Gasteiger partial charge on any atom is -0.492 e. The van der Waals surface area contributed by atoms with Crippen LogP contribution in [0.4, 0.5) is 11.6 Å². The largest absolute Gasteiger partial charge is 0.492 e. The minimum atomic E-state index is 0. The average molecular weight is 1990 g/mol. The van der Waals surface area contributed by atoms with Crippen molar-refractivity contribution < 1.29 is 83.8 Å². The summed E-state index contributed by atoms with van der Waals surface area (Å²) in [6.45, 7) is 67.0. The molecule has 0 spiro atoms. The molecule has 4 aliphatic heterocycles. The second-order valence-corrected chi connectivity index (χ2v) is 45.6. The number of halogens is 4. The van der Waals surface area contributed by atoms with E-state index < -0.39 is 0 Å². The van der Waals surface area contributed by atoms with Crippen molar-refractivity contribution in [3.05, 3.63) is 47.8 Å². The number of amidine groups is 2. The second-order valence-electron chi connectivity index (χ2n) is 39.7. The van der Waals surface area contributed by atoms with Gasteiger partial charge in [0, 0.05) is 85.9 Å². The quantitative estimate of drug-likeness (QED) is 0.0200. The van der Waals surface area contributed by atoms with E-state index in [4.69, 9.17) is 119 Å². The molecule has 0 saturated carbocycles. The second kappa shape index (κ2) is 49.2. The Kier molecular flexibility index (Phi) is 41.4. The SMILES string of the molecule is CC[N+](C)(CC)CCSc1c(Cl)c(OCCC(C)C)c2c(c1COCC(C)C)C1=Nc3c4c(OCCC(C)C)c(Cl)c(SCC[N+](C)(CC)CC)c(OCCC(C)C)c4c4nc5c6c(OCCC(C)C)c(Cl)c(SCC[N+](C)(CC)CC)c(OCCC(C)C)c6c([n+]-5on34)N=c3[n-]c(c4c(OCCC(C)C)c(SCC[N+](C)(CC)CC)c(Cl)c(OCCC(C)C)c34)=NC2=N1.[V]. The van der Waals surface area contributed by atoms with Gasteiger partial charge in [-0.3, -0.25) is 0 Å². The van der Waals surface area contributed by atoms with Gasteiger partial charge in [-0.05, 0) is 152 Å². The first-order valence-corrected chi connectivity index (χ1v) is 53.7. The van der Waals surface area contributed by atoms with Gasteiger partial charge in [0.2, 0.25) is 5.82 Å². The van der Waals surface area contributed by atoms with E-state index in [1.165, 1.54) is 0 Å². The first-order chi connectivity index (χ1) is 61.3. The van der Waals surface area contributed by atoms with Crippen molar-refractivity contribution in [2.45, 2.75) is 237 Å². The molecule has 6 bridgehead atoms. The molecule has 6 aromatic rings. The predicted octanol–water partition coefficient (Wildman–Crippen LogP) is 24.6. The normalized spacial score (nSPS) is 13.4. The third-order valence-corrected chi connectivity index (χ3v) is 32.5. The van der Waals surface area contributed by atoms with Crippen LogP contribution in [-0.2, 0) is 29.9 Å². The number of aliphatic imine (C=N–C) groups is 2. The van der Waals surface area contributed by atoms with E-state index in [9.17, 15) is 0 Å². The number of ether oxygens (including phenoxy) is 8. The Balaban J connectivity index is 0.0000190. The average Bonchev–Trinajstić information content (AvgIpc) is 1.53. The number of thioether (sulfide) groups is 4. The van der Waals surface area contributed by atoms with Gasteiger partial charge in [-0.15, -0.1) is 47.0 Å². The molecule has 130 heavy (non-hydrogen) atoms. The first kappa shape index (κ1) is 109. The number of fused-ring (bicyclic) bond motifs is 15. The molecule has 30 heteroatoms. The number of aromatic nitrogens is 4. The molecule has 0 atom stereocenters. The van der Waals surface area contributed by atoms with Gasteiger partial charge in [-0.25, -0.2) is 4.99 Å². The standard InChI is InChI=1S/C100H156Cl4N12O9S4.V/c1-29-113(25,30-2)44-55-126-89-69(60-117-59-68(23)24)70-71(82(78(89)101)118-48-37-61(9)10)94-105-93(70)108-97-74-77(88(124-54-43-67(21)22)92(129-58-47-116(28,35-7)36-8)80(103)84(74)120-50-39-63(13)14)100-110-99-75-76(87(123-53-42-66(19)20)91(128-57-46-115(27,33-5)34-6)81(104)85(75)121-51-40-64(15)16)98(112(99)125-111(97)100)109-96-72-73(95(106-94)107-96)86(122-52-41-65(17)18)90(127-56-45-114(26,31-3)32-4)79(102)83(72)119-49-38-62(11)12;/h61-68H,29-60H2,1-28H3;/q+4;. The Morgan fingerprint density at radius 1 is 0.369 bits per heavy atom. The summed E-state index contributed by atoms with van der Waals surface area (Å²) in [5, 5.41) is 4.61. The van der Waals surface area contributed by atoms with E-state index in [0.29, 0.717) is 238 Å². The number of hydrogen-bond donors (Lipinski definition) is 0. The Morgan fingerprint density at radius 2 is 0.692 bits per heavy atom. The summed E-state index contributed by atoms with van der Waals surface area (Å²) in [7, 11) is 9.25. The number of hydrogen-bond acceptors (Lipinski definition) is 18. The molecule has 0 N–H and O–H groups in total. The molecule has 0 fully saturated rings. The zero-order valence-electron chi connectivity index (χ0n) is 83.9. The molecule has 1 radical (unpaired) electrons. The van der Waals surface area contributed by atoms with Crippen LogP contribution in [0.2, 0.25) is 20.1 Å². The van der Waals surface area contributed by atoms with Gasteiger partial charge < -0.3 is 70.8 Å². The smallest absolute Gasteiger partial charge is 0.286 e. The molecule has 2 aromatic heterocycles.